The lowest BCUT2D eigenvalue weighted by Crippen LogP contribution is -2.50. The van der Waals surface area contributed by atoms with Gasteiger partial charge in [0.25, 0.3) is 5.91 Å². The number of hydrogen-bond acceptors (Lipinski definition) is 3. The third-order valence-corrected chi connectivity index (χ3v) is 3.57. The quantitative estimate of drug-likeness (QED) is 0.862. The molecule has 1 aromatic rings. The molecule has 1 aliphatic rings. The molecule has 21 heavy (non-hydrogen) atoms. The molecule has 0 aromatic heterocycles. The van der Waals surface area contributed by atoms with Crippen molar-refractivity contribution >= 4 is 17.8 Å². The van der Waals surface area contributed by atoms with Crippen molar-refractivity contribution in [3.63, 3.8) is 0 Å². The molecule has 0 radical (unpaired) electrons. The maximum Gasteiger partial charge on any atom is 0.325 e. The van der Waals surface area contributed by atoms with E-state index < -0.39 is 24.0 Å². The number of aliphatic carboxylic acids is 1. The second-order valence-corrected chi connectivity index (χ2v) is 5.09. The summed E-state index contributed by atoms with van der Waals surface area (Å²) in [5.41, 5.74) is 0.531. The van der Waals surface area contributed by atoms with Gasteiger partial charge in [-0.15, -0.1) is 0 Å². The molecular formula is C15H18N2O4. The Bertz CT molecular complexity index is 544. The molecule has 0 saturated carbocycles. The molecule has 2 atom stereocenters. The van der Waals surface area contributed by atoms with Crippen LogP contribution in [0.25, 0.3) is 0 Å². The van der Waals surface area contributed by atoms with Crippen LogP contribution in [0.5, 0.6) is 0 Å². The van der Waals surface area contributed by atoms with E-state index in [2.05, 4.69) is 5.32 Å². The zero-order valence-corrected chi connectivity index (χ0v) is 11.8. The summed E-state index contributed by atoms with van der Waals surface area (Å²) in [7, 11) is 0. The van der Waals surface area contributed by atoms with Gasteiger partial charge >= 0.3 is 5.97 Å². The average molecular weight is 290 g/mol. The van der Waals surface area contributed by atoms with Gasteiger partial charge in [0.2, 0.25) is 5.91 Å². The number of likely N-dealkylation sites (tertiary alicyclic amines) is 1. The molecule has 1 fully saturated rings. The largest absolute Gasteiger partial charge is 0.480 e. The summed E-state index contributed by atoms with van der Waals surface area (Å²) in [5.74, 6) is -1.70. The number of benzene rings is 1. The Balaban J connectivity index is 2.08. The topological polar surface area (TPSA) is 86.7 Å². The van der Waals surface area contributed by atoms with Crippen molar-refractivity contribution in [2.75, 3.05) is 6.54 Å². The summed E-state index contributed by atoms with van der Waals surface area (Å²) in [5, 5.41) is 11.3. The predicted molar refractivity (Wildman–Crippen MR) is 75.7 cm³/mol. The summed E-state index contributed by atoms with van der Waals surface area (Å²) in [4.78, 5) is 36.9. The third kappa shape index (κ3) is 3.39. The highest BCUT2D eigenvalue weighted by atomic mass is 16.4. The Morgan fingerprint density at radius 1 is 1.29 bits per heavy atom. The van der Waals surface area contributed by atoms with Gasteiger partial charge in [0, 0.05) is 12.1 Å². The lowest BCUT2D eigenvalue weighted by molar-refractivity contribution is -0.141. The van der Waals surface area contributed by atoms with E-state index in [1.54, 1.807) is 24.3 Å². The molecule has 1 saturated heterocycles. The molecule has 0 aliphatic carbocycles. The first-order valence-corrected chi connectivity index (χ1v) is 6.90. The third-order valence-electron chi connectivity index (χ3n) is 3.57. The van der Waals surface area contributed by atoms with E-state index in [9.17, 15) is 14.4 Å². The Morgan fingerprint density at radius 2 is 1.95 bits per heavy atom. The average Bonchev–Trinajstić information content (AvgIpc) is 2.96. The fraction of sp³-hybridized carbons (Fsp3) is 0.400. The van der Waals surface area contributed by atoms with Gasteiger partial charge < -0.3 is 15.3 Å². The van der Waals surface area contributed by atoms with E-state index in [1.807, 2.05) is 6.07 Å². The SMILES string of the molecule is C[C@H](NC(=O)C1CCCN1C(=O)c1ccccc1)C(=O)O. The molecule has 1 aliphatic heterocycles. The van der Waals surface area contributed by atoms with E-state index in [4.69, 9.17) is 5.11 Å². The van der Waals surface area contributed by atoms with Crippen LogP contribution >= 0.6 is 0 Å². The van der Waals surface area contributed by atoms with Gasteiger partial charge in [-0.1, -0.05) is 18.2 Å². The van der Waals surface area contributed by atoms with Gasteiger partial charge in [-0.05, 0) is 31.9 Å². The van der Waals surface area contributed by atoms with Gasteiger partial charge in [-0.2, -0.15) is 0 Å². The van der Waals surface area contributed by atoms with Gasteiger partial charge in [0.15, 0.2) is 0 Å². The van der Waals surface area contributed by atoms with Crippen LogP contribution in [-0.4, -0.2) is 46.4 Å². The number of carboxylic acid groups (broad SMARTS) is 1. The summed E-state index contributed by atoms with van der Waals surface area (Å²) in [6.07, 6.45) is 1.29. The van der Waals surface area contributed by atoms with Crippen molar-refractivity contribution in [1.82, 2.24) is 10.2 Å². The van der Waals surface area contributed by atoms with Crippen LogP contribution < -0.4 is 5.32 Å². The summed E-state index contributed by atoms with van der Waals surface area (Å²) in [6.45, 7) is 1.91. The first-order chi connectivity index (χ1) is 10.0. The number of carboxylic acids is 1. The monoisotopic (exact) mass is 290 g/mol. The van der Waals surface area contributed by atoms with E-state index in [1.165, 1.54) is 11.8 Å². The van der Waals surface area contributed by atoms with Crippen molar-refractivity contribution in [3.8, 4) is 0 Å². The number of rotatable bonds is 4. The smallest absolute Gasteiger partial charge is 0.325 e. The maximum absolute atomic E-state index is 12.4. The Hall–Kier alpha value is -2.37. The molecule has 112 valence electrons. The molecule has 2 amide bonds. The van der Waals surface area contributed by atoms with Gasteiger partial charge in [-0.3, -0.25) is 14.4 Å². The fourth-order valence-corrected chi connectivity index (χ4v) is 2.40. The molecule has 6 nitrogen and oxygen atoms in total. The van der Waals surface area contributed by atoms with Crippen molar-refractivity contribution in [2.24, 2.45) is 0 Å². The highest BCUT2D eigenvalue weighted by Gasteiger charge is 2.35. The molecule has 0 spiro atoms. The Labute approximate surface area is 122 Å². The number of carbonyl (C=O) groups excluding carboxylic acids is 2. The van der Waals surface area contributed by atoms with Crippen molar-refractivity contribution in [1.29, 1.82) is 0 Å². The van der Waals surface area contributed by atoms with Gasteiger partial charge in [0.05, 0.1) is 0 Å². The number of nitrogens with zero attached hydrogens (tertiary/aromatic N) is 1. The van der Waals surface area contributed by atoms with Crippen molar-refractivity contribution in [3.05, 3.63) is 35.9 Å². The highest BCUT2D eigenvalue weighted by molar-refractivity contribution is 5.98. The summed E-state index contributed by atoms with van der Waals surface area (Å²) < 4.78 is 0. The first-order valence-electron chi connectivity index (χ1n) is 6.90. The molecule has 2 rings (SSSR count). The van der Waals surface area contributed by atoms with Crippen LogP contribution in [-0.2, 0) is 9.59 Å². The summed E-state index contributed by atoms with van der Waals surface area (Å²) in [6, 6.07) is 7.20. The zero-order chi connectivity index (χ0) is 15.4. The first kappa shape index (κ1) is 15.0. The molecule has 6 heteroatoms. The minimum Gasteiger partial charge on any atom is -0.480 e. The second-order valence-electron chi connectivity index (χ2n) is 5.09. The standard InChI is InChI=1S/C15H18N2O4/c1-10(15(20)21)16-13(18)12-8-5-9-17(12)14(19)11-6-3-2-4-7-11/h2-4,6-7,10,12H,5,8-9H2,1H3,(H,16,18)(H,20,21)/t10-,12?/m0/s1. The van der Waals surface area contributed by atoms with Crippen LogP contribution in [0.3, 0.4) is 0 Å². The second kappa shape index (κ2) is 6.39. The molecule has 1 aromatic carbocycles. The number of hydrogen-bond donors (Lipinski definition) is 2. The van der Waals surface area contributed by atoms with Crippen LogP contribution in [0.15, 0.2) is 30.3 Å². The molecular weight excluding hydrogens is 272 g/mol. The summed E-state index contributed by atoms with van der Waals surface area (Å²) >= 11 is 0. The van der Waals surface area contributed by atoms with E-state index in [0.29, 0.717) is 18.5 Å². The normalized spacial score (nSPS) is 19.1. The molecule has 0 bridgehead atoms. The van der Waals surface area contributed by atoms with Crippen LogP contribution in [0, 0.1) is 0 Å². The molecule has 2 N–H and O–H groups in total. The van der Waals surface area contributed by atoms with Crippen LogP contribution in [0.2, 0.25) is 0 Å². The number of amides is 2. The molecule has 1 heterocycles. The lowest BCUT2D eigenvalue weighted by atomic mass is 10.1. The fourth-order valence-electron chi connectivity index (χ4n) is 2.40. The van der Waals surface area contributed by atoms with Crippen molar-refractivity contribution < 1.29 is 19.5 Å². The van der Waals surface area contributed by atoms with E-state index in [-0.39, 0.29) is 5.91 Å². The minimum absolute atomic E-state index is 0.198. The lowest BCUT2D eigenvalue weighted by Gasteiger charge is -2.24. The molecule has 1 unspecified atom stereocenters. The highest BCUT2D eigenvalue weighted by Crippen LogP contribution is 2.20. The van der Waals surface area contributed by atoms with Crippen LogP contribution in [0.1, 0.15) is 30.1 Å². The number of nitrogens with one attached hydrogen (secondary N) is 1. The number of carbonyl (C=O) groups is 3. The zero-order valence-electron chi connectivity index (χ0n) is 11.8. The van der Waals surface area contributed by atoms with Gasteiger partial charge in [-0.25, -0.2) is 0 Å². The van der Waals surface area contributed by atoms with E-state index in [0.717, 1.165) is 6.42 Å². The minimum atomic E-state index is -1.10. The van der Waals surface area contributed by atoms with E-state index >= 15 is 0 Å². The predicted octanol–water partition coefficient (Wildman–Crippen LogP) is 0.880. The Kier molecular flexibility index (Phi) is 4.57. The van der Waals surface area contributed by atoms with Gasteiger partial charge in [0.1, 0.15) is 12.1 Å². The van der Waals surface area contributed by atoms with Crippen molar-refractivity contribution in [2.45, 2.75) is 31.8 Å². The Morgan fingerprint density at radius 3 is 2.57 bits per heavy atom. The maximum atomic E-state index is 12.4. The van der Waals surface area contributed by atoms with Crippen LogP contribution in [0.4, 0.5) is 0 Å².